The van der Waals surface area contributed by atoms with Crippen LogP contribution in [0.3, 0.4) is 0 Å². The van der Waals surface area contributed by atoms with Crippen molar-refractivity contribution in [2.75, 3.05) is 5.06 Å². The van der Waals surface area contributed by atoms with Gasteiger partial charge >= 0.3 is 0 Å². The molecule has 0 aromatic heterocycles. The van der Waals surface area contributed by atoms with E-state index in [1.54, 1.807) is 12.0 Å². The van der Waals surface area contributed by atoms with E-state index < -0.39 is 5.62 Å². The molecule has 0 radical (unpaired) electrons. The lowest BCUT2D eigenvalue weighted by atomic mass is 10.3. The molecule has 0 saturated heterocycles. The first-order valence-corrected chi connectivity index (χ1v) is 4.42. The highest BCUT2D eigenvalue weighted by molar-refractivity contribution is 6.22. The fraction of sp³-hybridized carbons (Fsp3) is 0.222. The maximum Gasteiger partial charge on any atom is 0.233 e. The molecule has 1 aromatic rings. The molecular formula is C9H9ClN2O. The van der Waals surface area contributed by atoms with Crippen LogP contribution in [0.1, 0.15) is 6.92 Å². The molecule has 1 unspecified atom stereocenters. The summed E-state index contributed by atoms with van der Waals surface area (Å²) in [5.74, 6) is 0.587. The number of alkyl halides is 1. The van der Waals surface area contributed by atoms with E-state index in [1.807, 2.05) is 30.3 Å². The highest BCUT2D eigenvalue weighted by Crippen LogP contribution is 2.24. The molecule has 13 heavy (non-hydrogen) atoms. The molecular weight excluding hydrogens is 188 g/mol. The van der Waals surface area contributed by atoms with Gasteiger partial charge in [0.05, 0.1) is 5.69 Å². The summed E-state index contributed by atoms with van der Waals surface area (Å²) in [5, 5.41) is 1.57. The van der Waals surface area contributed by atoms with Crippen LogP contribution < -0.4 is 5.06 Å². The molecule has 68 valence electrons. The molecule has 0 N–H and O–H groups in total. The summed E-state index contributed by atoms with van der Waals surface area (Å²) in [7, 11) is 0. The Bertz CT molecular complexity index is 326. The second-order valence-electron chi connectivity index (χ2n) is 2.71. The van der Waals surface area contributed by atoms with Crippen molar-refractivity contribution in [3.63, 3.8) is 0 Å². The highest BCUT2D eigenvalue weighted by atomic mass is 35.5. The molecule has 0 fully saturated rings. The summed E-state index contributed by atoms with van der Waals surface area (Å²) in [6.07, 6.45) is 0. The van der Waals surface area contributed by atoms with Gasteiger partial charge in [-0.3, -0.25) is 0 Å². The van der Waals surface area contributed by atoms with Gasteiger partial charge in [-0.05, 0) is 12.1 Å². The number of hydrogen-bond donors (Lipinski definition) is 0. The fourth-order valence-corrected chi connectivity index (χ4v) is 1.45. The Morgan fingerprint density at radius 1 is 1.38 bits per heavy atom. The third kappa shape index (κ3) is 1.60. The Kier molecular flexibility index (Phi) is 2.10. The van der Waals surface area contributed by atoms with E-state index >= 15 is 0 Å². The lowest BCUT2D eigenvalue weighted by Crippen LogP contribution is -2.24. The second-order valence-corrected chi connectivity index (χ2v) is 3.10. The van der Waals surface area contributed by atoms with Crippen LogP contribution in [0.5, 0.6) is 0 Å². The maximum absolute atomic E-state index is 5.92. The van der Waals surface area contributed by atoms with Crippen molar-refractivity contribution in [2.45, 2.75) is 12.5 Å². The van der Waals surface area contributed by atoms with Crippen LogP contribution in [0.15, 0.2) is 35.3 Å². The van der Waals surface area contributed by atoms with Gasteiger partial charge in [-0.15, -0.1) is 0 Å². The molecule has 0 aliphatic carbocycles. The molecule has 0 amide bonds. The Morgan fingerprint density at radius 2 is 2.08 bits per heavy atom. The Labute approximate surface area is 81.5 Å². The van der Waals surface area contributed by atoms with Crippen LogP contribution in [0, 0.1) is 0 Å². The Hall–Kier alpha value is -1.22. The predicted molar refractivity (Wildman–Crippen MR) is 52.8 cm³/mol. The quantitative estimate of drug-likeness (QED) is 0.509. The number of halogens is 1. The summed E-state index contributed by atoms with van der Waals surface area (Å²) in [6, 6.07) is 9.63. The van der Waals surface area contributed by atoms with E-state index in [0.29, 0.717) is 5.90 Å². The summed E-state index contributed by atoms with van der Waals surface area (Å²) in [6.45, 7) is 1.78. The average Bonchev–Trinajstić information content (AvgIpc) is 2.47. The topological polar surface area (TPSA) is 24.8 Å². The third-order valence-electron chi connectivity index (χ3n) is 1.72. The molecule has 0 bridgehead atoms. The van der Waals surface area contributed by atoms with Crippen LogP contribution in [0.25, 0.3) is 0 Å². The van der Waals surface area contributed by atoms with E-state index in [0.717, 1.165) is 5.69 Å². The molecule has 1 aliphatic rings. The average molecular weight is 197 g/mol. The number of para-hydroxylation sites is 1. The first-order valence-electron chi connectivity index (χ1n) is 3.98. The van der Waals surface area contributed by atoms with Gasteiger partial charge in [0.25, 0.3) is 0 Å². The van der Waals surface area contributed by atoms with Gasteiger partial charge in [0, 0.05) is 6.92 Å². The van der Waals surface area contributed by atoms with Crippen LogP contribution in [-0.2, 0) is 4.84 Å². The SMILES string of the molecule is CC1=NC(Cl)N(c2ccccc2)O1. The standard InChI is InChI=1S/C9H9ClN2O/c1-7-11-9(10)12(13-7)8-5-3-2-4-6-8/h2-6,9H,1H3. The monoisotopic (exact) mass is 196 g/mol. The van der Waals surface area contributed by atoms with Crippen molar-refractivity contribution in [3.05, 3.63) is 30.3 Å². The zero-order valence-electron chi connectivity index (χ0n) is 7.14. The second kappa shape index (κ2) is 3.26. The normalized spacial score (nSPS) is 21.2. The van der Waals surface area contributed by atoms with Crippen molar-refractivity contribution in [1.29, 1.82) is 0 Å². The number of benzene rings is 1. The van der Waals surface area contributed by atoms with Crippen LogP contribution in [-0.4, -0.2) is 11.5 Å². The van der Waals surface area contributed by atoms with E-state index in [1.165, 1.54) is 0 Å². The third-order valence-corrected chi connectivity index (χ3v) is 2.00. The Balaban J connectivity index is 2.21. The number of hydrogen-bond acceptors (Lipinski definition) is 3. The number of anilines is 1. The van der Waals surface area contributed by atoms with E-state index in [4.69, 9.17) is 16.4 Å². The van der Waals surface area contributed by atoms with Crippen molar-refractivity contribution >= 4 is 23.2 Å². The molecule has 3 nitrogen and oxygen atoms in total. The molecule has 0 spiro atoms. The lowest BCUT2D eigenvalue weighted by Gasteiger charge is -2.18. The molecule has 1 aliphatic heterocycles. The molecule has 1 aromatic carbocycles. The minimum absolute atomic E-state index is 0.456. The van der Waals surface area contributed by atoms with Gasteiger partial charge in [-0.2, -0.15) is 5.06 Å². The number of hydroxylamine groups is 1. The minimum Gasteiger partial charge on any atom is -0.361 e. The predicted octanol–water partition coefficient (Wildman–Crippen LogP) is 2.38. The van der Waals surface area contributed by atoms with Crippen molar-refractivity contribution in [2.24, 2.45) is 4.99 Å². The molecule has 4 heteroatoms. The summed E-state index contributed by atoms with van der Waals surface area (Å²) in [4.78, 5) is 9.34. The highest BCUT2D eigenvalue weighted by Gasteiger charge is 2.24. The zero-order valence-corrected chi connectivity index (χ0v) is 7.90. The first-order chi connectivity index (χ1) is 6.27. The number of rotatable bonds is 1. The fourth-order valence-electron chi connectivity index (χ4n) is 1.16. The maximum atomic E-state index is 5.92. The van der Waals surface area contributed by atoms with Crippen LogP contribution in [0.2, 0.25) is 0 Å². The van der Waals surface area contributed by atoms with E-state index in [-0.39, 0.29) is 0 Å². The number of nitrogens with zero attached hydrogens (tertiary/aromatic N) is 2. The lowest BCUT2D eigenvalue weighted by molar-refractivity contribution is 0.288. The Morgan fingerprint density at radius 3 is 2.62 bits per heavy atom. The van der Waals surface area contributed by atoms with Crippen LogP contribution >= 0.6 is 11.6 Å². The summed E-state index contributed by atoms with van der Waals surface area (Å²) >= 11 is 5.92. The summed E-state index contributed by atoms with van der Waals surface area (Å²) < 4.78 is 0. The number of aliphatic imine (C=N–C) groups is 1. The van der Waals surface area contributed by atoms with E-state index in [2.05, 4.69) is 4.99 Å². The molecule has 0 saturated carbocycles. The van der Waals surface area contributed by atoms with Crippen molar-refractivity contribution < 1.29 is 4.84 Å². The minimum atomic E-state index is -0.456. The van der Waals surface area contributed by atoms with Crippen molar-refractivity contribution in [1.82, 2.24) is 0 Å². The molecule has 1 atom stereocenters. The van der Waals surface area contributed by atoms with Gasteiger partial charge in [0.1, 0.15) is 0 Å². The summed E-state index contributed by atoms with van der Waals surface area (Å²) in [5.41, 5.74) is 0.450. The largest absolute Gasteiger partial charge is 0.361 e. The van der Waals surface area contributed by atoms with Gasteiger partial charge < -0.3 is 4.84 Å². The van der Waals surface area contributed by atoms with Gasteiger partial charge in [-0.25, -0.2) is 4.99 Å². The van der Waals surface area contributed by atoms with Crippen molar-refractivity contribution in [3.8, 4) is 0 Å². The van der Waals surface area contributed by atoms with Gasteiger partial charge in [0.15, 0.2) is 0 Å². The van der Waals surface area contributed by atoms with Crippen LogP contribution in [0.4, 0.5) is 5.69 Å². The molecule has 2 rings (SSSR count). The van der Waals surface area contributed by atoms with Gasteiger partial charge in [-0.1, -0.05) is 29.8 Å². The van der Waals surface area contributed by atoms with Gasteiger partial charge in [0.2, 0.25) is 11.5 Å². The smallest absolute Gasteiger partial charge is 0.233 e. The molecule has 1 heterocycles. The zero-order chi connectivity index (χ0) is 9.26. The van der Waals surface area contributed by atoms with E-state index in [9.17, 15) is 0 Å². The first kappa shape index (κ1) is 8.38.